The lowest BCUT2D eigenvalue weighted by molar-refractivity contribution is 0.390. The van der Waals surface area contributed by atoms with Gasteiger partial charge < -0.3 is 5.32 Å². The Morgan fingerprint density at radius 2 is 2.43 bits per heavy atom. The number of halogens is 1. The lowest BCUT2D eigenvalue weighted by Crippen LogP contribution is -2.36. The zero-order valence-electron chi connectivity index (χ0n) is 8.33. The molecule has 0 saturated carbocycles. The molecule has 0 radical (unpaired) electrons. The van der Waals surface area contributed by atoms with E-state index in [1.165, 1.54) is 19.3 Å². The van der Waals surface area contributed by atoms with Crippen molar-refractivity contribution < 1.29 is 0 Å². The number of rotatable bonds is 2. The maximum atomic E-state index is 5.72. The summed E-state index contributed by atoms with van der Waals surface area (Å²) in [5.74, 6) is 0.967. The highest BCUT2D eigenvalue weighted by molar-refractivity contribution is 6.28. The number of nitrogens with zero attached hydrogens (tertiary/aromatic N) is 3. The van der Waals surface area contributed by atoms with E-state index in [1.54, 1.807) is 4.68 Å². The van der Waals surface area contributed by atoms with E-state index in [1.807, 2.05) is 7.05 Å². The van der Waals surface area contributed by atoms with Crippen LogP contribution in [-0.4, -0.2) is 27.4 Å². The molecule has 1 saturated heterocycles. The Hall–Kier alpha value is -0.610. The summed E-state index contributed by atoms with van der Waals surface area (Å²) in [5.41, 5.74) is 0. The van der Waals surface area contributed by atoms with E-state index in [0.717, 1.165) is 18.8 Å². The molecule has 1 aliphatic heterocycles. The first kappa shape index (κ1) is 9.93. The van der Waals surface area contributed by atoms with Crippen molar-refractivity contribution in [1.29, 1.82) is 0 Å². The topological polar surface area (TPSA) is 42.7 Å². The summed E-state index contributed by atoms with van der Waals surface area (Å²) in [6.07, 6.45) is 4.75. The second-order valence-electron chi connectivity index (χ2n) is 3.77. The van der Waals surface area contributed by atoms with Crippen molar-refractivity contribution in [1.82, 2.24) is 20.1 Å². The lowest BCUT2D eigenvalue weighted by Gasteiger charge is -2.22. The van der Waals surface area contributed by atoms with E-state index in [2.05, 4.69) is 15.4 Å². The Kier molecular flexibility index (Phi) is 3.03. The van der Waals surface area contributed by atoms with Crippen LogP contribution in [0.4, 0.5) is 0 Å². The van der Waals surface area contributed by atoms with Crippen molar-refractivity contribution >= 4 is 11.6 Å². The zero-order chi connectivity index (χ0) is 9.97. The SMILES string of the molecule is Cn1nc(Cl)nc1CC1CCCCN1. The van der Waals surface area contributed by atoms with Crippen LogP contribution in [0.2, 0.25) is 5.28 Å². The summed E-state index contributed by atoms with van der Waals surface area (Å²) in [6, 6.07) is 0.544. The number of nitrogens with one attached hydrogen (secondary N) is 1. The van der Waals surface area contributed by atoms with Crippen LogP contribution in [0.1, 0.15) is 25.1 Å². The first-order chi connectivity index (χ1) is 6.75. The van der Waals surface area contributed by atoms with Crippen LogP contribution in [0.5, 0.6) is 0 Å². The Bertz CT molecular complexity index is 304. The van der Waals surface area contributed by atoms with Crippen LogP contribution in [0.3, 0.4) is 0 Å². The average Bonchev–Trinajstić information content (AvgIpc) is 2.47. The fourth-order valence-electron chi connectivity index (χ4n) is 1.88. The highest BCUT2D eigenvalue weighted by atomic mass is 35.5. The normalized spacial score (nSPS) is 22.6. The van der Waals surface area contributed by atoms with Gasteiger partial charge in [0.25, 0.3) is 0 Å². The van der Waals surface area contributed by atoms with Crippen LogP contribution in [0.25, 0.3) is 0 Å². The zero-order valence-corrected chi connectivity index (χ0v) is 9.09. The number of piperidine rings is 1. The van der Waals surface area contributed by atoms with Crippen molar-refractivity contribution in [2.45, 2.75) is 31.7 Å². The van der Waals surface area contributed by atoms with Gasteiger partial charge in [-0.1, -0.05) is 6.42 Å². The monoisotopic (exact) mass is 214 g/mol. The lowest BCUT2D eigenvalue weighted by atomic mass is 10.0. The number of aromatic nitrogens is 3. The van der Waals surface area contributed by atoms with Crippen molar-refractivity contribution in [2.24, 2.45) is 7.05 Å². The standard InChI is InChI=1S/C9H15ClN4/c1-14-8(12-9(10)13-14)6-7-4-2-3-5-11-7/h7,11H,2-6H2,1H3. The first-order valence-corrected chi connectivity index (χ1v) is 5.42. The smallest absolute Gasteiger partial charge is 0.242 e. The molecule has 78 valence electrons. The van der Waals surface area contributed by atoms with E-state index < -0.39 is 0 Å². The average molecular weight is 215 g/mol. The molecule has 0 aliphatic carbocycles. The van der Waals surface area contributed by atoms with Crippen LogP contribution in [0.15, 0.2) is 0 Å². The molecule has 14 heavy (non-hydrogen) atoms. The molecule has 4 nitrogen and oxygen atoms in total. The fourth-order valence-corrected chi connectivity index (χ4v) is 2.09. The largest absolute Gasteiger partial charge is 0.314 e. The van der Waals surface area contributed by atoms with Gasteiger partial charge in [0.1, 0.15) is 5.82 Å². The van der Waals surface area contributed by atoms with Crippen LogP contribution in [0, 0.1) is 0 Å². The van der Waals surface area contributed by atoms with Gasteiger partial charge in [-0.15, -0.1) is 5.10 Å². The van der Waals surface area contributed by atoms with Crippen LogP contribution < -0.4 is 5.32 Å². The Morgan fingerprint density at radius 3 is 3.00 bits per heavy atom. The maximum Gasteiger partial charge on any atom is 0.242 e. The molecular weight excluding hydrogens is 200 g/mol. The number of hydrogen-bond acceptors (Lipinski definition) is 3. The molecule has 1 aliphatic rings. The molecule has 1 N–H and O–H groups in total. The number of hydrogen-bond donors (Lipinski definition) is 1. The third-order valence-corrected chi connectivity index (χ3v) is 2.83. The van der Waals surface area contributed by atoms with Gasteiger partial charge in [-0.25, -0.2) is 4.98 Å². The molecule has 1 unspecified atom stereocenters. The van der Waals surface area contributed by atoms with Gasteiger partial charge in [0.2, 0.25) is 5.28 Å². The molecule has 5 heteroatoms. The van der Waals surface area contributed by atoms with E-state index in [9.17, 15) is 0 Å². The molecule has 2 heterocycles. The van der Waals surface area contributed by atoms with Crippen molar-refractivity contribution in [2.75, 3.05) is 6.54 Å². The fraction of sp³-hybridized carbons (Fsp3) is 0.778. The summed E-state index contributed by atoms with van der Waals surface area (Å²) >= 11 is 5.72. The second-order valence-corrected chi connectivity index (χ2v) is 4.11. The van der Waals surface area contributed by atoms with Gasteiger partial charge in [-0.3, -0.25) is 4.68 Å². The summed E-state index contributed by atoms with van der Waals surface area (Å²) in [6.45, 7) is 1.12. The third-order valence-electron chi connectivity index (χ3n) is 2.67. The molecule has 0 amide bonds. The Morgan fingerprint density at radius 1 is 1.57 bits per heavy atom. The molecule has 1 atom stereocenters. The maximum absolute atomic E-state index is 5.72. The molecule has 2 rings (SSSR count). The Labute approximate surface area is 88.7 Å². The van der Waals surface area contributed by atoms with E-state index >= 15 is 0 Å². The molecule has 0 bridgehead atoms. The quantitative estimate of drug-likeness (QED) is 0.804. The van der Waals surface area contributed by atoms with Crippen molar-refractivity contribution in [3.63, 3.8) is 0 Å². The minimum absolute atomic E-state index is 0.346. The molecular formula is C9H15ClN4. The highest BCUT2D eigenvalue weighted by Gasteiger charge is 2.16. The van der Waals surface area contributed by atoms with E-state index in [4.69, 9.17) is 11.6 Å². The molecule has 1 aromatic heterocycles. The first-order valence-electron chi connectivity index (χ1n) is 5.04. The van der Waals surface area contributed by atoms with Crippen molar-refractivity contribution in [3.05, 3.63) is 11.1 Å². The summed E-state index contributed by atoms with van der Waals surface area (Å²) < 4.78 is 1.76. The van der Waals surface area contributed by atoms with Gasteiger partial charge in [-0.2, -0.15) is 0 Å². The summed E-state index contributed by atoms with van der Waals surface area (Å²) in [4.78, 5) is 4.18. The number of aryl methyl sites for hydroxylation is 1. The molecule has 0 aromatic carbocycles. The van der Waals surface area contributed by atoms with Gasteiger partial charge >= 0.3 is 0 Å². The van der Waals surface area contributed by atoms with E-state index in [-0.39, 0.29) is 0 Å². The summed E-state index contributed by atoms with van der Waals surface area (Å²) in [5, 5.41) is 7.85. The molecule has 1 aromatic rings. The van der Waals surface area contributed by atoms with Crippen LogP contribution in [-0.2, 0) is 13.5 Å². The Balaban J connectivity index is 1.98. The van der Waals surface area contributed by atoms with Gasteiger partial charge in [-0.05, 0) is 31.0 Å². The predicted octanol–water partition coefficient (Wildman–Crippen LogP) is 1.15. The second kappa shape index (κ2) is 4.28. The highest BCUT2D eigenvalue weighted by Crippen LogP contribution is 2.12. The molecule has 1 fully saturated rings. The minimum Gasteiger partial charge on any atom is -0.314 e. The van der Waals surface area contributed by atoms with Gasteiger partial charge in [0, 0.05) is 19.5 Å². The van der Waals surface area contributed by atoms with Crippen LogP contribution >= 0.6 is 11.6 Å². The molecule has 0 spiro atoms. The van der Waals surface area contributed by atoms with Gasteiger partial charge in [0.15, 0.2) is 0 Å². The minimum atomic E-state index is 0.346. The predicted molar refractivity (Wildman–Crippen MR) is 55.4 cm³/mol. The van der Waals surface area contributed by atoms with E-state index in [0.29, 0.717) is 11.3 Å². The van der Waals surface area contributed by atoms with Gasteiger partial charge in [0.05, 0.1) is 0 Å². The summed E-state index contributed by atoms with van der Waals surface area (Å²) in [7, 11) is 1.89. The third kappa shape index (κ3) is 2.25. The van der Waals surface area contributed by atoms with Crippen molar-refractivity contribution in [3.8, 4) is 0 Å².